The van der Waals surface area contributed by atoms with Crippen LogP contribution < -0.4 is 15.9 Å². The summed E-state index contributed by atoms with van der Waals surface area (Å²) in [4.78, 5) is 15.0. The van der Waals surface area contributed by atoms with Crippen LogP contribution in [0.4, 0.5) is 5.82 Å². The normalized spacial score (nSPS) is 11.1. The molecule has 0 radical (unpaired) electrons. The van der Waals surface area contributed by atoms with Crippen LogP contribution in [0.3, 0.4) is 0 Å². The fourth-order valence-electron chi connectivity index (χ4n) is 2.35. The van der Waals surface area contributed by atoms with Crippen molar-refractivity contribution >= 4 is 22.8 Å². The van der Waals surface area contributed by atoms with E-state index in [4.69, 9.17) is 4.74 Å². The Morgan fingerprint density at radius 3 is 2.96 bits per heavy atom. The molecular formula is C17H17N5O2. The van der Waals surface area contributed by atoms with Crippen molar-refractivity contribution in [1.82, 2.24) is 15.2 Å². The van der Waals surface area contributed by atoms with Gasteiger partial charge in [0.25, 0.3) is 0 Å². The molecule has 0 unspecified atom stereocenters. The molecule has 0 spiro atoms. The predicted octanol–water partition coefficient (Wildman–Crippen LogP) is 2.47. The Hall–Kier alpha value is -3.22. The zero-order chi connectivity index (χ0) is 16.9. The maximum Gasteiger partial charge on any atom is 0.363 e. The number of benzene rings is 2. The van der Waals surface area contributed by atoms with Crippen LogP contribution in [0.5, 0.6) is 5.75 Å². The van der Waals surface area contributed by atoms with Gasteiger partial charge >= 0.3 is 5.69 Å². The number of nitrogens with zero attached hydrogens (tertiary/aromatic N) is 3. The number of aromatic nitrogens is 3. The van der Waals surface area contributed by atoms with E-state index in [1.807, 2.05) is 43.3 Å². The average molecular weight is 323 g/mol. The Kier molecular flexibility index (Phi) is 4.51. The first-order valence-corrected chi connectivity index (χ1v) is 7.56. The van der Waals surface area contributed by atoms with Crippen LogP contribution >= 0.6 is 0 Å². The first-order chi connectivity index (χ1) is 11.7. The Bertz CT molecular complexity index is 949. The Morgan fingerprint density at radius 2 is 2.12 bits per heavy atom. The van der Waals surface area contributed by atoms with Gasteiger partial charge in [0, 0.05) is 5.56 Å². The summed E-state index contributed by atoms with van der Waals surface area (Å²) in [5, 5.41) is 12.4. The number of hydrazone groups is 1. The summed E-state index contributed by atoms with van der Waals surface area (Å²) in [7, 11) is 0. The Labute approximate surface area is 138 Å². The Morgan fingerprint density at radius 1 is 1.29 bits per heavy atom. The van der Waals surface area contributed by atoms with E-state index < -0.39 is 5.69 Å². The number of aromatic amines is 1. The molecule has 2 aromatic carbocycles. The van der Waals surface area contributed by atoms with E-state index in [2.05, 4.69) is 25.7 Å². The standard InChI is InChI=1S/C17H17N5O2/c1-3-24-15-9-8-12-6-4-5-7-13(12)14(15)10-18-21-16-11(2)20-22-17(23)19-16/h4-10H,3H2,1-2H3,(H2,19,21,22,23)/b18-10+. The predicted molar refractivity (Wildman–Crippen MR) is 93.7 cm³/mol. The molecule has 7 nitrogen and oxygen atoms in total. The molecule has 122 valence electrons. The van der Waals surface area contributed by atoms with Crippen molar-refractivity contribution in [2.24, 2.45) is 5.10 Å². The largest absolute Gasteiger partial charge is 0.493 e. The minimum absolute atomic E-state index is 0.313. The molecule has 0 aliphatic heterocycles. The van der Waals surface area contributed by atoms with Crippen LogP contribution in [0, 0.1) is 6.92 Å². The lowest BCUT2D eigenvalue weighted by Gasteiger charge is -2.10. The molecule has 3 aromatic rings. The summed E-state index contributed by atoms with van der Waals surface area (Å²) in [6.45, 7) is 4.22. The molecule has 7 heteroatoms. The van der Waals surface area contributed by atoms with E-state index in [0.29, 0.717) is 18.1 Å². The van der Waals surface area contributed by atoms with Crippen molar-refractivity contribution in [2.45, 2.75) is 13.8 Å². The highest BCUT2D eigenvalue weighted by molar-refractivity contribution is 6.02. The minimum atomic E-state index is -0.529. The minimum Gasteiger partial charge on any atom is -0.493 e. The summed E-state index contributed by atoms with van der Waals surface area (Å²) < 4.78 is 5.69. The summed E-state index contributed by atoms with van der Waals surface area (Å²) in [5.74, 6) is 1.06. The number of hydrogen-bond acceptors (Lipinski definition) is 6. The van der Waals surface area contributed by atoms with Crippen molar-refractivity contribution < 1.29 is 4.74 Å². The van der Waals surface area contributed by atoms with Crippen LogP contribution in [0.1, 0.15) is 18.2 Å². The third-order valence-corrected chi connectivity index (χ3v) is 3.47. The fourth-order valence-corrected chi connectivity index (χ4v) is 2.35. The molecule has 0 atom stereocenters. The highest BCUT2D eigenvalue weighted by atomic mass is 16.5. The zero-order valence-corrected chi connectivity index (χ0v) is 13.4. The van der Waals surface area contributed by atoms with E-state index in [0.717, 1.165) is 22.1 Å². The van der Waals surface area contributed by atoms with Gasteiger partial charge in [-0.15, -0.1) is 0 Å². The quantitative estimate of drug-likeness (QED) is 0.556. The van der Waals surface area contributed by atoms with Gasteiger partial charge in [-0.25, -0.2) is 9.89 Å². The van der Waals surface area contributed by atoms with Gasteiger partial charge in [0.05, 0.1) is 12.8 Å². The number of rotatable bonds is 5. The van der Waals surface area contributed by atoms with Gasteiger partial charge in [-0.1, -0.05) is 30.3 Å². The lowest BCUT2D eigenvalue weighted by atomic mass is 10.0. The second kappa shape index (κ2) is 6.91. The fraction of sp³-hybridized carbons (Fsp3) is 0.176. The number of ether oxygens (including phenoxy) is 1. The number of aryl methyl sites for hydroxylation is 1. The van der Waals surface area contributed by atoms with Crippen molar-refractivity contribution in [3.8, 4) is 5.75 Å². The van der Waals surface area contributed by atoms with Crippen molar-refractivity contribution in [3.63, 3.8) is 0 Å². The highest BCUT2D eigenvalue weighted by Gasteiger charge is 2.07. The van der Waals surface area contributed by atoms with E-state index >= 15 is 0 Å². The van der Waals surface area contributed by atoms with E-state index in [-0.39, 0.29) is 0 Å². The molecule has 3 rings (SSSR count). The number of fused-ring (bicyclic) bond motifs is 1. The van der Waals surface area contributed by atoms with Crippen LogP contribution in [-0.2, 0) is 0 Å². The monoisotopic (exact) mass is 323 g/mol. The molecule has 24 heavy (non-hydrogen) atoms. The molecule has 0 saturated heterocycles. The van der Waals surface area contributed by atoms with Gasteiger partial charge in [-0.2, -0.15) is 15.2 Å². The lowest BCUT2D eigenvalue weighted by molar-refractivity contribution is 0.340. The molecule has 1 aromatic heterocycles. The summed E-state index contributed by atoms with van der Waals surface area (Å²) in [6, 6.07) is 11.9. The Balaban J connectivity index is 1.97. The maximum absolute atomic E-state index is 11.2. The first kappa shape index (κ1) is 15.7. The molecule has 0 fully saturated rings. The number of nitrogens with one attached hydrogen (secondary N) is 2. The second-order valence-electron chi connectivity index (χ2n) is 5.08. The summed E-state index contributed by atoms with van der Waals surface area (Å²) in [6.07, 6.45) is 1.66. The van der Waals surface area contributed by atoms with Gasteiger partial charge in [0.2, 0.25) is 0 Å². The molecule has 2 N–H and O–H groups in total. The van der Waals surface area contributed by atoms with Crippen LogP contribution in [-0.4, -0.2) is 28.0 Å². The van der Waals surface area contributed by atoms with Gasteiger partial charge in [0.15, 0.2) is 5.82 Å². The van der Waals surface area contributed by atoms with Crippen LogP contribution in [0.15, 0.2) is 46.3 Å². The van der Waals surface area contributed by atoms with Crippen molar-refractivity contribution in [1.29, 1.82) is 0 Å². The van der Waals surface area contributed by atoms with Gasteiger partial charge < -0.3 is 4.74 Å². The highest BCUT2D eigenvalue weighted by Crippen LogP contribution is 2.26. The molecule has 0 bridgehead atoms. The number of H-pyrrole nitrogens is 1. The first-order valence-electron chi connectivity index (χ1n) is 7.56. The number of anilines is 1. The van der Waals surface area contributed by atoms with Gasteiger partial charge in [0.1, 0.15) is 11.4 Å². The molecule has 0 aliphatic carbocycles. The van der Waals surface area contributed by atoms with Gasteiger partial charge in [-0.3, -0.25) is 5.43 Å². The van der Waals surface area contributed by atoms with Gasteiger partial charge in [-0.05, 0) is 30.7 Å². The summed E-state index contributed by atoms with van der Waals surface area (Å²) in [5.41, 5.74) is 3.64. The molecule has 0 aliphatic rings. The zero-order valence-electron chi connectivity index (χ0n) is 13.4. The SMILES string of the molecule is CCOc1ccc2ccccc2c1/C=N/Nc1nc(=O)[nH]nc1C. The lowest BCUT2D eigenvalue weighted by Crippen LogP contribution is -2.15. The number of hydrogen-bond donors (Lipinski definition) is 2. The van der Waals surface area contributed by atoms with E-state index in [9.17, 15) is 4.79 Å². The molecule has 1 heterocycles. The summed E-state index contributed by atoms with van der Waals surface area (Å²) >= 11 is 0. The maximum atomic E-state index is 11.2. The topological polar surface area (TPSA) is 92.3 Å². The molecular weight excluding hydrogens is 306 g/mol. The van der Waals surface area contributed by atoms with E-state index in [1.165, 1.54) is 0 Å². The third-order valence-electron chi connectivity index (χ3n) is 3.47. The second-order valence-corrected chi connectivity index (χ2v) is 5.08. The van der Waals surface area contributed by atoms with Crippen LogP contribution in [0.25, 0.3) is 10.8 Å². The molecule has 0 saturated carbocycles. The van der Waals surface area contributed by atoms with Crippen LogP contribution in [0.2, 0.25) is 0 Å². The van der Waals surface area contributed by atoms with Crippen molar-refractivity contribution in [2.75, 3.05) is 12.0 Å². The average Bonchev–Trinajstić information content (AvgIpc) is 2.59. The third kappa shape index (κ3) is 3.24. The smallest absolute Gasteiger partial charge is 0.363 e. The van der Waals surface area contributed by atoms with E-state index in [1.54, 1.807) is 13.1 Å². The molecule has 0 amide bonds. The van der Waals surface area contributed by atoms with Crippen molar-refractivity contribution in [3.05, 3.63) is 58.1 Å².